The van der Waals surface area contributed by atoms with Crippen molar-refractivity contribution in [2.24, 2.45) is 5.92 Å². The van der Waals surface area contributed by atoms with Crippen LogP contribution in [-0.2, 0) is 4.79 Å². The van der Waals surface area contributed by atoms with E-state index in [1.807, 2.05) is 0 Å². The molecule has 0 fully saturated rings. The highest BCUT2D eigenvalue weighted by Gasteiger charge is 2.17. The lowest BCUT2D eigenvalue weighted by Gasteiger charge is -2.07. The monoisotopic (exact) mass is 304 g/mol. The summed E-state index contributed by atoms with van der Waals surface area (Å²) in [7, 11) is 0. The molecule has 0 aliphatic carbocycles. The molecule has 2 aromatic carbocycles. The molecule has 22 heavy (non-hydrogen) atoms. The van der Waals surface area contributed by atoms with Gasteiger partial charge in [-0.05, 0) is 17.7 Å². The van der Waals surface area contributed by atoms with Crippen LogP contribution in [0, 0.1) is 17.6 Å². The van der Waals surface area contributed by atoms with E-state index in [-0.39, 0.29) is 17.8 Å². The number of carboxylic acid groups (broad SMARTS) is 1. The Kier molecular flexibility index (Phi) is 4.65. The first-order valence-electron chi connectivity index (χ1n) is 6.70. The summed E-state index contributed by atoms with van der Waals surface area (Å²) < 4.78 is 26.6. The molecule has 2 aromatic rings. The van der Waals surface area contributed by atoms with Gasteiger partial charge in [0.1, 0.15) is 11.6 Å². The predicted molar refractivity (Wildman–Crippen MR) is 77.5 cm³/mol. The van der Waals surface area contributed by atoms with Crippen LogP contribution in [0.1, 0.15) is 23.7 Å². The van der Waals surface area contributed by atoms with Gasteiger partial charge >= 0.3 is 5.97 Å². The van der Waals surface area contributed by atoms with Crippen molar-refractivity contribution < 1.29 is 23.5 Å². The number of ketones is 1. The minimum Gasteiger partial charge on any atom is -0.481 e. The predicted octanol–water partition coefficient (Wildman–Crippen LogP) is 3.93. The second-order valence-electron chi connectivity index (χ2n) is 5.07. The minimum atomic E-state index is -1.03. The van der Waals surface area contributed by atoms with E-state index in [0.29, 0.717) is 11.1 Å². The third-order valence-corrected chi connectivity index (χ3v) is 3.36. The van der Waals surface area contributed by atoms with E-state index in [1.54, 1.807) is 12.1 Å². The number of halogens is 2. The number of carbonyl (C=O) groups excluding carboxylic acids is 1. The highest BCUT2D eigenvalue weighted by molar-refractivity contribution is 5.98. The van der Waals surface area contributed by atoms with Crippen LogP contribution in [0.2, 0.25) is 0 Å². The third-order valence-electron chi connectivity index (χ3n) is 3.36. The quantitative estimate of drug-likeness (QED) is 0.852. The standard InChI is InChI=1S/C17H14F2O3/c1-10(17(21)22)8-16(20)12-4-2-11(3-5-12)14-7-6-13(18)9-15(14)19/h2-7,9-10H,8H2,1H3,(H,21,22)/t10-/m0/s1. The van der Waals surface area contributed by atoms with E-state index >= 15 is 0 Å². The van der Waals surface area contributed by atoms with Crippen LogP contribution in [0.25, 0.3) is 11.1 Å². The highest BCUT2D eigenvalue weighted by Crippen LogP contribution is 2.24. The van der Waals surface area contributed by atoms with Crippen LogP contribution in [0.3, 0.4) is 0 Å². The zero-order valence-corrected chi connectivity index (χ0v) is 11.8. The van der Waals surface area contributed by atoms with E-state index in [0.717, 1.165) is 12.1 Å². The van der Waals surface area contributed by atoms with E-state index < -0.39 is 23.5 Å². The van der Waals surface area contributed by atoms with E-state index in [2.05, 4.69) is 0 Å². The Balaban J connectivity index is 2.20. The topological polar surface area (TPSA) is 54.4 Å². The van der Waals surface area contributed by atoms with Gasteiger partial charge in [0.2, 0.25) is 0 Å². The number of hydrogen-bond acceptors (Lipinski definition) is 2. The van der Waals surface area contributed by atoms with Crippen LogP contribution >= 0.6 is 0 Å². The molecule has 1 atom stereocenters. The molecule has 0 spiro atoms. The Morgan fingerprint density at radius 1 is 1.09 bits per heavy atom. The van der Waals surface area contributed by atoms with E-state index in [9.17, 15) is 18.4 Å². The van der Waals surface area contributed by atoms with Gasteiger partial charge in [0, 0.05) is 23.6 Å². The summed E-state index contributed by atoms with van der Waals surface area (Å²) in [5, 5.41) is 8.80. The number of carboxylic acids is 1. The molecular weight excluding hydrogens is 290 g/mol. The fraction of sp³-hybridized carbons (Fsp3) is 0.176. The summed E-state index contributed by atoms with van der Waals surface area (Å²) in [6.07, 6.45) is -0.0976. The molecule has 0 bridgehead atoms. The zero-order valence-electron chi connectivity index (χ0n) is 11.8. The normalized spacial score (nSPS) is 12.0. The van der Waals surface area contributed by atoms with Crippen molar-refractivity contribution in [2.75, 3.05) is 0 Å². The second kappa shape index (κ2) is 6.47. The average Bonchev–Trinajstić information content (AvgIpc) is 2.47. The van der Waals surface area contributed by atoms with Gasteiger partial charge in [-0.25, -0.2) is 8.78 Å². The average molecular weight is 304 g/mol. The lowest BCUT2D eigenvalue weighted by molar-refractivity contribution is -0.141. The Labute approximate surface area is 126 Å². The summed E-state index contributed by atoms with van der Waals surface area (Å²) in [6, 6.07) is 9.40. The molecule has 3 nitrogen and oxygen atoms in total. The first kappa shape index (κ1) is 15.8. The van der Waals surface area contributed by atoms with Crippen molar-refractivity contribution in [1.29, 1.82) is 0 Å². The van der Waals surface area contributed by atoms with Gasteiger partial charge in [-0.3, -0.25) is 9.59 Å². The SMILES string of the molecule is C[C@@H](CC(=O)c1ccc(-c2ccc(F)cc2F)cc1)C(=O)O. The van der Waals surface area contributed by atoms with Crippen LogP contribution < -0.4 is 0 Å². The summed E-state index contributed by atoms with van der Waals surface area (Å²) in [5.41, 5.74) is 1.11. The summed E-state index contributed by atoms with van der Waals surface area (Å²) in [4.78, 5) is 22.7. The number of carbonyl (C=O) groups is 2. The number of hydrogen-bond donors (Lipinski definition) is 1. The van der Waals surface area contributed by atoms with Gasteiger partial charge in [0.25, 0.3) is 0 Å². The number of benzene rings is 2. The first-order valence-corrected chi connectivity index (χ1v) is 6.70. The van der Waals surface area contributed by atoms with Crippen molar-refractivity contribution in [2.45, 2.75) is 13.3 Å². The molecule has 0 saturated carbocycles. The van der Waals surface area contributed by atoms with Crippen LogP contribution in [0.15, 0.2) is 42.5 Å². The van der Waals surface area contributed by atoms with Gasteiger partial charge in [0.05, 0.1) is 5.92 Å². The molecule has 114 valence electrons. The van der Waals surface area contributed by atoms with Crippen LogP contribution in [0.5, 0.6) is 0 Å². The maximum Gasteiger partial charge on any atom is 0.306 e. The van der Waals surface area contributed by atoms with Gasteiger partial charge in [-0.1, -0.05) is 31.2 Å². The van der Waals surface area contributed by atoms with Gasteiger partial charge in [-0.15, -0.1) is 0 Å². The Morgan fingerprint density at radius 3 is 2.27 bits per heavy atom. The molecular formula is C17H14F2O3. The fourth-order valence-electron chi connectivity index (χ4n) is 2.04. The van der Waals surface area contributed by atoms with Gasteiger partial charge in [0.15, 0.2) is 5.78 Å². The minimum absolute atomic E-state index is 0.0976. The van der Waals surface area contributed by atoms with Crippen molar-refractivity contribution in [3.63, 3.8) is 0 Å². The molecule has 0 amide bonds. The zero-order chi connectivity index (χ0) is 16.3. The molecule has 5 heteroatoms. The molecule has 0 unspecified atom stereocenters. The summed E-state index contributed by atoms with van der Waals surface area (Å²) in [5.74, 6) is -3.42. The molecule has 0 heterocycles. The summed E-state index contributed by atoms with van der Waals surface area (Å²) in [6.45, 7) is 1.46. The number of aliphatic carboxylic acids is 1. The molecule has 0 radical (unpaired) electrons. The lowest BCUT2D eigenvalue weighted by Crippen LogP contribution is -2.14. The maximum absolute atomic E-state index is 13.7. The Bertz CT molecular complexity index is 708. The number of Topliss-reactive ketones (excluding diaryl/α,β-unsaturated/α-hetero) is 1. The molecule has 0 aliphatic rings. The van der Waals surface area contributed by atoms with Crippen molar-refractivity contribution in [3.8, 4) is 11.1 Å². The van der Waals surface area contributed by atoms with Crippen LogP contribution in [-0.4, -0.2) is 16.9 Å². The second-order valence-corrected chi connectivity index (χ2v) is 5.07. The Morgan fingerprint density at radius 2 is 1.73 bits per heavy atom. The Hall–Kier alpha value is -2.56. The first-order chi connectivity index (χ1) is 10.4. The van der Waals surface area contributed by atoms with Crippen molar-refractivity contribution in [3.05, 3.63) is 59.7 Å². The largest absolute Gasteiger partial charge is 0.481 e. The smallest absolute Gasteiger partial charge is 0.306 e. The lowest BCUT2D eigenvalue weighted by atomic mass is 9.97. The molecule has 1 N–H and O–H groups in total. The molecule has 0 aliphatic heterocycles. The van der Waals surface area contributed by atoms with Gasteiger partial charge < -0.3 is 5.11 Å². The highest BCUT2D eigenvalue weighted by atomic mass is 19.1. The van der Waals surface area contributed by atoms with Gasteiger partial charge in [-0.2, -0.15) is 0 Å². The molecule has 2 rings (SSSR count). The maximum atomic E-state index is 13.7. The van der Waals surface area contributed by atoms with Crippen LogP contribution in [0.4, 0.5) is 8.78 Å². The third kappa shape index (κ3) is 3.55. The molecule has 0 saturated heterocycles. The fourth-order valence-corrected chi connectivity index (χ4v) is 2.04. The van der Waals surface area contributed by atoms with Crippen molar-refractivity contribution in [1.82, 2.24) is 0 Å². The van der Waals surface area contributed by atoms with Crippen molar-refractivity contribution >= 4 is 11.8 Å². The molecule has 0 aromatic heterocycles. The summed E-state index contributed by atoms with van der Waals surface area (Å²) >= 11 is 0. The van der Waals surface area contributed by atoms with E-state index in [4.69, 9.17) is 5.11 Å². The number of rotatable bonds is 5. The van der Waals surface area contributed by atoms with E-state index in [1.165, 1.54) is 25.1 Å².